The van der Waals surface area contributed by atoms with Crippen molar-refractivity contribution in [2.45, 2.75) is 64.3 Å². The topological polar surface area (TPSA) is 163 Å². The summed E-state index contributed by atoms with van der Waals surface area (Å²) in [7, 11) is 1.80. The maximum atomic E-state index is 15.1. The molecule has 2 aliphatic heterocycles. The van der Waals surface area contributed by atoms with Gasteiger partial charge in [-0.1, -0.05) is 6.92 Å². The number of aryl methyl sites for hydroxylation is 1. The summed E-state index contributed by atoms with van der Waals surface area (Å²) in [5.41, 5.74) is 2.18. The normalized spacial score (nSPS) is 19.8. The van der Waals surface area contributed by atoms with Crippen molar-refractivity contribution in [3.05, 3.63) is 61.7 Å². The molecule has 3 aliphatic rings. The van der Waals surface area contributed by atoms with Gasteiger partial charge in [-0.05, 0) is 56.0 Å². The Kier molecular flexibility index (Phi) is 7.41. The standard InChI is InChI=1S/C31H34FN5O7/c1-4-31(43)19-11-23-27-17(13-37(23)28(39)18(19)14-44-29(31)40)26-21(34-24(38)7-9-36(3)10-8-33-30(41)42)6-5-16-15(2)20(32)12-22(35-27)25(16)26/h11-12,21,33,43H,4-10,13-14H2,1-3H3,(H,34,38)(H,41,42)/t21-,31-/m0/s1. The maximum Gasteiger partial charge on any atom is 0.404 e. The highest BCUT2D eigenvalue weighted by atomic mass is 19.1. The zero-order chi connectivity index (χ0) is 31.5. The number of fused-ring (bicyclic) bond motifs is 5. The van der Waals surface area contributed by atoms with E-state index in [0.717, 1.165) is 22.1 Å². The second-order valence-electron chi connectivity index (χ2n) is 11.8. The van der Waals surface area contributed by atoms with Gasteiger partial charge in [-0.2, -0.15) is 0 Å². The lowest BCUT2D eigenvalue weighted by Gasteiger charge is -2.31. The van der Waals surface area contributed by atoms with Crippen molar-refractivity contribution >= 4 is 28.9 Å². The fourth-order valence-corrected chi connectivity index (χ4v) is 6.72. The number of carbonyl (C=O) groups is 3. The fourth-order valence-electron chi connectivity index (χ4n) is 6.72. The molecule has 3 aromatic rings. The third kappa shape index (κ3) is 4.70. The highest BCUT2D eigenvalue weighted by Gasteiger charge is 2.46. The molecular weight excluding hydrogens is 573 g/mol. The minimum absolute atomic E-state index is 0.0121. The predicted molar refractivity (Wildman–Crippen MR) is 157 cm³/mol. The summed E-state index contributed by atoms with van der Waals surface area (Å²) in [4.78, 5) is 56.9. The quantitative estimate of drug-likeness (QED) is 0.220. The molecule has 0 unspecified atom stereocenters. The predicted octanol–water partition coefficient (Wildman–Crippen LogP) is 2.22. The van der Waals surface area contributed by atoms with Crippen molar-refractivity contribution in [2.75, 3.05) is 26.7 Å². The second-order valence-corrected chi connectivity index (χ2v) is 11.8. The Morgan fingerprint density at radius 1 is 1.23 bits per heavy atom. The van der Waals surface area contributed by atoms with Crippen LogP contribution in [0.1, 0.15) is 65.6 Å². The van der Waals surface area contributed by atoms with Crippen LogP contribution in [0.5, 0.6) is 0 Å². The number of esters is 1. The van der Waals surface area contributed by atoms with Crippen LogP contribution in [0, 0.1) is 12.7 Å². The summed E-state index contributed by atoms with van der Waals surface area (Å²) in [6.07, 6.45) is 0.142. The van der Waals surface area contributed by atoms with E-state index < -0.39 is 35.1 Å². The van der Waals surface area contributed by atoms with Crippen LogP contribution in [0.15, 0.2) is 16.9 Å². The van der Waals surface area contributed by atoms with E-state index in [4.69, 9.17) is 14.8 Å². The summed E-state index contributed by atoms with van der Waals surface area (Å²) < 4.78 is 21.8. The highest BCUT2D eigenvalue weighted by Crippen LogP contribution is 2.45. The Balaban J connectivity index is 1.40. The molecule has 0 fully saturated rings. The summed E-state index contributed by atoms with van der Waals surface area (Å²) in [5, 5.41) is 26.2. The molecule has 1 aliphatic carbocycles. The molecule has 13 heteroatoms. The molecule has 12 nitrogen and oxygen atoms in total. The van der Waals surface area contributed by atoms with Crippen molar-refractivity contribution in [3.8, 4) is 11.4 Å². The average molecular weight is 608 g/mol. The number of carbonyl (C=O) groups excluding carboxylic acids is 2. The van der Waals surface area contributed by atoms with E-state index in [9.17, 15) is 24.3 Å². The molecule has 1 aromatic carbocycles. The summed E-state index contributed by atoms with van der Waals surface area (Å²) >= 11 is 0. The van der Waals surface area contributed by atoms with Crippen molar-refractivity contribution < 1.29 is 33.7 Å². The zero-order valence-electron chi connectivity index (χ0n) is 24.8. The number of cyclic esters (lactones) is 1. The van der Waals surface area contributed by atoms with Crippen molar-refractivity contribution in [2.24, 2.45) is 0 Å². The summed E-state index contributed by atoms with van der Waals surface area (Å²) in [6, 6.07) is 2.58. The van der Waals surface area contributed by atoms with Gasteiger partial charge in [-0.15, -0.1) is 0 Å². The van der Waals surface area contributed by atoms with Crippen LogP contribution in [0.3, 0.4) is 0 Å². The number of likely N-dealkylation sites (N-methyl/N-ethyl adjacent to an activating group) is 1. The number of pyridine rings is 2. The maximum absolute atomic E-state index is 15.1. The summed E-state index contributed by atoms with van der Waals surface area (Å²) in [5.74, 6) is -1.40. The second kappa shape index (κ2) is 11.0. The molecule has 6 rings (SSSR count). The Morgan fingerprint density at radius 3 is 2.73 bits per heavy atom. The van der Waals surface area contributed by atoms with Crippen LogP contribution in [0.25, 0.3) is 22.3 Å². The van der Waals surface area contributed by atoms with Crippen molar-refractivity contribution in [3.63, 3.8) is 0 Å². The van der Waals surface area contributed by atoms with E-state index in [1.165, 1.54) is 10.6 Å². The molecule has 2 amide bonds. The first-order chi connectivity index (χ1) is 20.9. The molecule has 0 spiro atoms. The molecule has 0 bridgehead atoms. The minimum Gasteiger partial charge on any atom is -0.465 e. The van der Waals surface area contributed by atoms with E-state index in [2.05, 4.69) is 10.6 Å². The molecular formula is C31H34FN5O7. The van der Waals surface area contributed by atoms with Crippen molar-refractivity contribution in [1.29, 1.82) is 0 Å². The Labute approximate surface area is 251 Å². The monoisotopic (exact) mass is 607 g/mol. The van der Waals surface area contributed by atoms with E-state index in [1.807, 2.05) is 4.90 Å². The van der Waals surface area contributed by atoms with Gasteiger partial charge < -0.3 is 35.1 Å². The molecule has 0 saturated heterocycles. The van der Waals surface area contributed by atoms with Gasteiger partial charge in [-0.25, -0.2) is 19.0 Å². The van der Waals surface area contributed by atoms with Gasteiger partial charge in [0, 0.05) is 48.6 Å². The molecule has 44 heavy (non-hydrogen) atoms. The molecule has 4 N–H and O–H groups in total. The first-order valence-corrected chi connectivity index (χ1v) is 14.7. The van der Waals surface area contributed by atoms with Crippen LogP contribution in [0.2, 0.25) is 0 Å². The van der Waals surface area contributed by atoms with Crippen LogP contribution in [0.4, 0.5) is 9.18 Å². The van der Waals surface area contributed by atoms with Gasteiger partial charge in [0.05, 0.1) is 35.1 Å². The third-order valence-corrected chi connectivity index (χ3v) is 9.20. The van der Waals surface area contributed by atoms with Crippen LogP contribution < -0.4 is 16.2 Å². The van der Waals surface area contributed by atoms with Gasteiger partial charge in [0.2, 0.25) is 5.91 Å². The number of ether oxygens (including phenoxy) is 1. The van der Waals surface area contributed by atoms with E-state index in [-0.39, 0.29) is 49.6 Å². The number of nitrogens with zero attached hydrogens (tertiary/aromatic N) is 3. The van der Waals surface area contributed by atoms with Gasteiger partial charge in [-0.3, -0.25) is 9.59 Å². The fraction of sp³-hybridized carbons (Fsp3) is 0.452. The van der Waals surface area contributed by atoms with Crippen LogP contribution in [-0.2, 0) is 39.5 Å². The number of amides is 2. The molecule has 232 valence electrons. The van der Waals surface area contributed by atoms with Gasteiger partial charge in [0.1, 0.15) is 12.4 Å². The molecule has 0 saturated carbocycles. The van der Waals surface area contributed by atoms with E-state index in [0.29, 0.717) is 48.4 Å². The molecule has 4 heterocycles. The largest absolute Gasteiger partial charge is 0.465 e. The average Bonchev–Trinajstić information content (AvgIpc) is 3.36. The number of carboxylic acid groups (broad SMARTS) is 1. The molecule has 2 aromatic heterocycles. The smallest absolute Gasteiger partial charge is 0.404 e. The van der Waals surface area contributed by atoms with Gasteiger partial charge in [0.15, 0.2) is 5.60 Å². The number of hydrogen-bond acceptors (Lipinski definition) is 8. The molecule has 0 radical (unpaired) electrons. The van der Waals surface area contributed by atoms with Crippen molar-refractivity contribution in [1.82, 2.24) is 25.1 Å². The Morgan fingerprint density at radius 2 is 2.00 bits per heavy atom. The SMILES string of the molecule is CC[C@@]1(O)C(=O)OCc2c1cc1n(c2=O)Cc2c-1nc1cc(F)c(C)c3c1c2[C@@H](NC(=O)CCN(C)CCNC(=O)O)CC3. The number of hydrogen-bond donors (Lipinski definition) is 4. The first-order valence-electron chi connectivity index (χ1n) is 14.7. The minimum atomic E-state index is -1.97. The first kappa shape index (κ1) is 29.7. The number of rotatable bonds is 8. The number of aromatic nitrogens is 2. The lowest BCUT2D eigenvalue weighted by atomic mass is 9.81. The third-order valence-electron chi connectivity index (χ3n) is 9.20. The number of nitrogens with one attached hydrogen (secondary N) is 2. The van der Waals surface area contributed by atoms with Crippen LogP contribution >= 0.6 is 0 Å². The number of aliphatic hydroxyl groups is 1. The lowest BCUT2D eigenvalue weighted by Crippen LogP contribution is -2.44. The number of benzene rings is 1. The van der Waals surface area contributed by atoms with Crippen LogP contribution in [-0.4, -0.2) is 69.3 Å². The highest BCUT2D eigenvalue weighted by molar-refractivity contribution is 5.94. The Bertz CT molecular complexity index is 1800. The van der Waals surface area contributed by atoms with Gasteiger partial charge >= 0.3 is 12.1 Å². The molecule has 2 atom stereocenters. The zero-order valence-corrected chi connectivity index (χ0v) is 24.8. The van der Waals surface area contributed by atoms with E-state index in [1.54, 1.807) is 27.0 Å². The number of halogens is 1. The van der Waals surface area contributed by atoms with Gasteiger partial charge in [0.25, 0.3) is 5.56 Å². The lowest BCUT2D eigenvalue weighted by molar-refractivity contribution is -0.172. The van der Waals surface area contributed by atoms with E-state index >= 15 is 4.39 Å². The summed E-state index contributed by atoms with van der Waals surface area (Å²) in [6.45, 7) is 4.37. The Hall–Kier alpha value is -4.36.